The topological polar surface area (TPSA) is 143 Å². The lowest BCUT2D eigenvalue weighted by Crippen LogP contribution is -2.16. The van der Waals surface area contributed by atoms with Crippen LogP contribution < -0.4 is 4.74 Å². The van der Waals surface area contributed by atoms with Crippen LogP contribution in [0.4, 0.5) is 24.7 Å². The molecule has 0 radical (unpaired) electrons. The van der Waals surface area contributed by atoms with E-state index in [0.29, 0.717) is 0 Å². The summed E-state index contributed by atoms with van der Waals surface area (Å²) in [6, 6.07) is 5.10. The smallest absolute Gasteiger partial charge is 0.493 e. The van der Waals surface area contributed by atoms with E-state index in [9.17, 15) is 33.2 Å². The van der Waals surface area contributed by atoms with Gasteiger partial charge >= 0.3 is 18.2 Å². The van der Waals surface area contributed by atoms with E-state index in [1.165, 1.54) is 6.07 Å². The van der Waals surface area contributed by atoms with Gasteiger partial charge in [-0.3, -0.25) is 14.9 Å². The standard InChI is InChI=1S/C14H7F3N4O6/c15-14(16,17)27-6-1-2-8-7(5-6)11(13(23)18-8)19-20-12(22)9-3-4-10(26-9)21(24)25/h1-5,18,23H. The molecule has 3 rings (SSSR count). The van der Waals surface area contributed by atoms with Gasteiger partial charge in [0, 0.05) is 5.39 Å². The lowest BCUT2D eigenvalue weighted by Gasteiger charge is -2.08. The summed E-state index contributed by atoms with van der Waals surface area (Å²) in [4.78, 5) is 23.9. The normalized spacial score (nSPS) is 12.0. The van der Waals surface area contributed by atoms with E-state index in [4.69, 9.17) is 0 Å². The molecule has 0 unspecified atom stereocenters. The van der Waals surface area contributed by atoms with Crippen LogP contribution in [0.1, 0.15) is 10.6 Å². The number of ether oxygens (including phenoxy) is 1. The van der Waals surface area contributed by atoms with Crippen LogP contribution in [-0.4, -0.2) is 27.3 Å². The first-order valence-corrected chi connectivity index (χ1v) is 6.95. The van der Waals surface area contributed by atoms with Crippen molar-refractivity contribution in [1.29, 1.82) is 0 Å². The molecule has 0 saturated heterocycles. The first kappa shape index (κ1) is 17.9. The van der Waals surface area contributed by atoms with Crippen LogP contribution >= 0.6 is 0 Å². The Labute approximate surface area is 146 Å². The number of aromatic nitrogens is 1. The summed E-state index contributed by atoms with van der Waals surface area (Å²) in [7, 11) is 0. The molecule has 0 saturated carbocycles. The number of nitrogens with zero attached hydrogens (tertiary/aromatic N) is 3. The quantitative estimate of drug-likeness (QED) is 0.392. The van der Waals surface area contributed by atoms with Gasteiger partial charge in [-0.1, -0.05) is 0 Å². The Morgan fingerprint density at radius 3 is 2.67 bits per heavy atom. The van der Waals surface area contributed by atoms with E-state index in [1.54, 1.807) is 0 Å². The highest BCUT2D eigenvalue weighted by Crippen LogP contribution is 2.38. The van der Waals surface area contributed by atoms with Crippen molar-refractivity contribution in [3.8, 4) is 11.6 Å². The number of carbonyl (C=O) groups excluding carboxylic acids is 1. The lowest BCUT2D eigenvalue weighted by molar-refractivity contribution is -0.402. The average molecular weight is 384 g/mol. The van der Waals surface area contributed by atoms with Crippen LogP contribution in [0.25, 0.3) is 10.9 Å². The van der Waals surface area contributed by atoms with Crippen LogP contribution in [-0.2, 0) is 0 Å². The molecule has 10 nitrogen and oxygen atoms in total. The predicted octanol–water partition coefficient (Wildman–Crippen LogP) is 4.20. The number of carbonyl (C=O) groups is 1. The van der Waals surface area contributed by atoms with Crippen molar-refractivity contribution in [2.24, 2.45) is 10.2 Å². The third-order valence-electron chi connectivity index (χ3n) is 3.18. The largest absolute Gasteiger partial charge is 0.573 e. The van der Waals surface area contributed by atoms with Gasteiger partial charge in [-0.25, -0.2) is 0 Å². The fraction of sp³-hybridized carbons (Fsp3) is 0.0714. The summed E-state index contributed by atoms with van der Waals surface area (Å²) in [6.45, 7) is 0. The second-order valence-electron chi connectivity index (χ2n) is 4.98. The Balaban J connectivity index is 1.91. The number of benzene rings is 1. The third kappa shape index (κ3) is 3.86. The molecule has 0 aliphatic carbocycles. The molecule has 27 heavy (non-hydrogen) atoms. The van der Waals surface area contributed by atoms with Gasteiger partial charge in [-0.2, -0.15) is 0 Å². The minimum absolute atomic E-state index is 0.00349. The fourth-order valence-corrected chi connectivity index (χ4v) is 2.13. The highest BCUT2D eigenvalue weighted by atomic mass is 19.4. The number of aromatic hydroxyl groups is 1. The lowest BCUT2D eigenvalue weighted by atomic mass is 10.2. The van der Waals surface area contributed by atoms with Crippen molar-refractivity contribution in [1.82, 2.24) is 4.98 Å². The number of fused-ring (bicyclic) bond motifs is 1. The van der Waals surface area contributed by atoms with Crippen LogP contribution in [0, 0.1) is 10.1 Å². The van der Waals surface area contributed by atoms with Gasteiger partial charge in [0.05, 0.1) is 11.6 Å². The number of nitro groups is 1. The number of hydrogen-bond donors (Lipinski definition) is 2. The van der Waals surface area contributed by atoms with Crippen molar-refractivity contribution >= 4 is 28.4 Å². The first-order chi connectivity index (χ1) is 12.6. The molecule has 140 valence electrons. The molecule has 1 amide bonds. The molecule has 13 heteroatoms. The van der Waals surface area contributed by atoms with E-state index in [-0.39, 0.29) is 16.6 Å². The molecule has 2 aromatic heterocycles. The maximum Gasteiger partial charge on any atom is 0.573 e. The molecule has 0 spiro atoms. The zero-order valence-corrected chi connectivity index (χ0v) is 12.9. The maximum atomic E-state index is 12.3. The van der Waals surface area contributed by atoms with Gasteiger partial charge in [0.15, 0.2) is 5.69 Å². The number of alkyl halides is 3. The number of aromatic amines is 1. The SMILES string of the molecule is O=C(N=Nc1c(O)[nH]c2ccc(OC(F)(F)F)cc12)c1ccc([N+](=O)[O-])o1. The molecule has 1 aromatic carbocycles. The molecule has 0 atom stereocenters. The summed E-state index contributed by atoms with van der Waals surface area (Å²) >= 11 is 0. The summed E-state index contributed by atoms with van der Waals surface area (Å²) in [6.07, 6.45) is -4.92. The van der Waals surface area contributed by atoms with Crippen molar-refractivity contribution in [3.63, 3.8) is 0 Å². The van der Waals surface area contributed by atoms with E-state index >= 15 is 0 Å². The zero-order valence-electron chi connectivity index (χ0n) is 12.9. The number of halogens is 3. The number of amides is 1. The summed E-state index contributed by atoms with van der Waals surface area (Å²) in [5, 5.41) is 27.1. The Morgan fingerprint density at radius 1 is 1.30 bits per heavy atom. The minimum atomic E-state index is -4.92. The van der Waals surface area contributed by atoms with Gasteiger partial charge in [0.2, 0.25) is 11.6 Å². The predicted molar refractivity (Wildman–Crippen MR) is 80.9 cm³/mol. The Hall–Kier alpha value is -3.90. The van der Waals surface area contributed by atoms with Crippen molar-refractivity contribution < 1.29 is 37.1 Å². The Morgan fingerprint density at radius 2 is 2.04 bits per heavy atom. The monoisotopic (exact) mass is 384 g/mol. The van der Waals surface area contributed by atoms with Crippen LogP contribution in [0.5, 0.6) is 11.6 Å². The maximum absolute atomic E-state index is 12.3. The number of rotatable bonds is 4. The second-order valence-corrected chi connectivity index (χ2v) is 4.98. The van der Waals surface area contributed by atoms with Gasteiger partial charge < -0.3 is 19.2 Å². The number of azo groups is 1. The average Bonchev–Trinajstić information content (AvgIpc) is 3.16. The van der Waals surface area contributed by atoms with Crippen molar-refractivity contribution in [2.75, 3.05) is 0 Å². The van der Waals surface area contributed by atoms with Crippen LogP contribution in [0.15, 0.2) is 45.0 Å². The van der Waals surface area contributed by atoms with Crippen LogP contribution in [0.2, 0.25) is 0 Å². The summed E-state index contributed by atoms with van der Waals surface area (Å²) in [5.41, 5.74) is -0.121. The number of H-pyrrole nitrogens is 1. The fourth-order valence-electron chi connectivity index (χ4n) is 2.13. The molecule has 0 aliphatic rings. The summed E-state index contributed by atoms with van der Waals surface area (Å²) < 4.78 is 45.4. The van der Waals surface area contributed by atoms with Crippen molar-refractivity contribution in [2.45, 2.75) is 6.36 Å². The van der Waals surface area contributed by atoms with E-state index in [0.717, 1.165) is 24.3 Å². The molecular weight excluding hydrogens is 377 g/mol. The van der Waals surface area contributed by atoms with Gasteiger partial charge in [0.1, 0.15) is 10.7 Å². The molecule has 2 N–H and O–H groups in total. The third-order valence-corrected chi connectivity index (χ3v) is 3.18. The van der Waals surface area contributed by atoms with E-state index in [2.05, 4.69) is 24.4 Å². The molecule has 0 aliphatic heterocycles. The number of furan rings is 1. The number of hydrogen-bond acceptors (Lipinski definition) is 7. The van der Waals surface area contributed by atoms with Gasteiger partial charge in [-0.15, -0.1) is 23.4 Å². The van der Waals surface area contributed by atoms with E-state index < -0.39 is 40.5 Å². The number of nitrogens with one attached hydrogen (secondary N) is 1. The van der Waals surface area contributed by atoms with Crippen molar-refractivity contribution in [3.05, 3.63) is 46.2 Å². The van der Waals surface area contributed by atoms with E-state index in [1.807, 2.05) is 0 Å². The van der Waals surface area contributed by atoms with Gasteiger partial charge in [-0.05, 0) is 24.3 Å². The Kier molecular flexibility index (Phi) is 4.27. The molecule has 3 aromatic rings. The second kappa shape index (κ2) is 6.44. The Bertz CT molecular complexity index is 1070. The summed E-state index contributed by atoms with van der Waals surface area (Å²) in [5.74, 6) is -3.39. The van der Waals surface area contributed by atoms with Crippen LogP contribution in [0.3, 0.4) is 0 Å². The molecular formula is C14H7F3N4O6. The zero-order chi connectivity index (χ0) is 19.8. The molecule has 2 heterocycles. The molecule has 0 bridgehead atoms. The van der Waals surface area contributed by atoms with Gasteiger partial charge in [0.25, 0.3) is 0 Å². The first-order valence-electron chi connectivity index (χ1n) is 6.95. The highest BCUT2D eigenvalue weighted by molar-refractivity contribution is 5.96. The minimum Gasteiger partial charge on any atom is -0.493 e. The molecule has 0 fully saturated rings. The highest BCUT2D eigenvalue weighted by Gasteiger charge is 2.31.